The fourth-order valence-corrected chi connectivity index (χ4v) is 2.72. The highest BCUT2D eigenvalue weighted by Crippen LogP contribution is 2.40. The number of rotatable bonds is 5. The van der Waals surface area contributed by atoms with E-state index in [2.05, 4.69) is 4.98 Å². The zero-order valence-electron chi connectivity index (χ0n) is 7.84. The molecule has 0 saturated heterocycles. The Morgan fingerprint density at radius 1 is 1.53 bits per heavy atom. The maximum Gasteiger partial charge on any atom is 0.292 e. The van der Waals surface area contributed by atoms with Gasteiger partial charge < -0.3 is 0 Å². The number of halogens is 4. The van der Waals surface area contributed by atoms with Crippen LogP contribution in [0.4, 0.5) is 13.2 Å². The molecule has 0 amide bonds. The molecule has 1 atom stereocenters. The topological polar surface area (TPSA) is 12.9 Å². The van der Waals surface area contributed by atoms with Crippen molar-refractivity contribution < 1.29 is 13.2 Å². The van der Waals surface area contributed by atoms with Crippen molar-refractivity contribution in [2.75, 3.05) is 5.75 Å². The molecule has 1 aromatic heterocycles. The van der Waals surface area contributed by atoms with Gasteiger partial charge in [-0.2, -0.15) is 0 Å². The summed E-state index contributed by atoms with van der Waals surface area (Å²) in [5.41, 5.74) is 0. The number of hydrogen-bond acceptors (Lipinski definition) is 3. The van der Waals surface area contributed by atoms with E-state index in [0.717, 1.165) is 4.34 Å². The van der Waals surface area contributed by atoms with Crippen LogP contribution in [-0.4, -0.2) is 21.8 Å². The normalized spacial score (nSPS) is 16.3. The Balaban J connectivity index is 2.37. The highest BCUT2D eigenvalue weighted by Gasteiger charge is 2.48. The Bertz CT molecular complexity index is 297. The summed E-state index contributed by atoms with van der Waals surface area (Å²) < 4.78 is 39.2. The summed E-state index contributed by atoms with van der Waals surface area (Å²) in [5, 5.41) is -1.21. The molecular formula is C8H9ClF3NS2. The van der Waals surface area contributed by atoms with E-state index in [9.17, 15) is 13.2 Å². The molecule has 0 aliphatic rings. The van der Waals surface area contributed by atoms with Crippen molar-refractivity contribution in [2.45, 2.75) is 28.7 Å². The highest BCUT2D eigenvalue weighted by molar-refractivity contribution is 8.01. The fourth-order valence-electron chi connectivity index (χ4n) is 0.768. The van der Waals surface area contributed by atoms with E-state index >= 15 is 0 Å². The van der Waals surface area contributed by atoms with Gasteiger partial charge in [0.2, 0.25) is 5.13 Å². The van der Waals surface area contributed by atoms with E-state index in [0.29, 0.717) is 6.92 Å². The van der Waals surface area contributed by atoms with E-state index in [1.165, 1.54) is 23.1 Å². The van der Waals surface area contributed by atoms with Gasteiger partial charge in [0.15, 0.2) is 0 Å². The van der Waals surface area contributed by atoms with E-state index < -0.39 is 17.5 Å². The molecule has 0 N–H and O–H groups in total. The minimum absolute atomic E-state index is 0.178. The quantitative estimate of drug-likeness (QED) is 0.590. The largest absolute Gasteiger partial charge is 0.292 e. The maximum atomic E-state index is 13.2. The molecule has 1 rings (SSSR count). The SMILES string of the molecule is CC(F)(F)C(F)(Cl)CCSc1nccs1. The van der Waals surface area contributed by atoms with Gasteiger partial charge in [-0.15, -0.1) is 11.3 Å². The van der Waals surface area contributed by atoms with Gasteiger partial charge in [0, 0.05) is 30.7 Å². The molecule has 0 spiro atoms. The molecule has 0 aliphatic heterocycles. The first-order valence-electron chi connectivity index (χ1n) is 4.11. The van der Waals surface area contributed by atoms with Crippen molar-refractivity contribution in [1.29, 1.82) is 0 Å². The zero-order valence-corrected chi connectivity index (χ0v) is 10.2. The van der Waals surface area contributed by atoms with Crippen LogP contribution >= 0.6 is 34.7 Å². The van der Waals surface area contributed by atoms with Crippen molar-refractivity contribution in [1.82, 2.24) is 4.98 Å². The second-order valence-electron chi connectivity index (χ2n) is 2.99. The average molecular weight is 276 g/mol. The number of hydrogen-bond donors (Lipinski definition) is 0. The molecule has 7 heteroatoms. The fraction of sp³-hybridized carbons (Fsp3) is 0.625. The zero-order chi connectivity index (χ0) is 11.5. The third kappa shape index (κ3) is 3.85. The van der Waals surface area contributed by atoms with Crippen molar-refractivity contribution in [3.05, 3.63) is 11.6 Å². The van der Waals surface area contributed by atoms with Crippen LogP contribution in [0.3, 0.4) is 0 Å². The first-order chi connectivity index (χ1) is 6.83. The summed E-state index contributed by atoms with van der Waals surface area (Å²) in [7, 11) is 0. The lowest BCUT2D eigenvalue weighted by Crippen LogP contribution is -2.36. The summed E-state index contributed by atoms with van der Waals surface area (Å²) in [6, 6.07) is 0. The molecule has 86 valence electrons. The Labute approximate surface area is 99.0 Å². The lowest BCUT2D eigenvalue weighted by molar-refractivity contribution is -0.0791. The number of thiazole rings is 1. The van der Waals surface area contributed by atoms with E-state index in [4.69, 9.17) is 11.6 Å². The lowest BCUT2D eigenvalue weighted by Gasteiger charge is -2.24. The smallest absolute Gasteiger partial charge is 0.238 e. The molecule has 15 heavy (non-hydrogen) atoms. The minimum Gasteiger partial charge on any atom is -0.238 e. The van der Waals surface area contributed by atoms with Crippen molar-refractivity contribution in [3.63, 3.8) is 0 Å². The molecule has 0 aliphatic carbocycles. The first kappa shape index (κ1) is 13.1. The van der Waals surface area contributed by atoms with Gasteiger partial charge in [-0.05, 0) is 0 Å². The Morgan fingerprint density at radius 2 is 2.20 bits per heavy atom. The van der Waals surface area contributed by atoms with Crippen LogP contribution in [0.2, 0.25) is 0 Å². The molecule has 1 nitrogen and oxygen atoms in total. The summed E-state index contributed by atoms with van der Waals surface area (Å²) in [4.78, 5) is 3.93. The molecule has 1 aromatic rings. The lowest BCUT2D eigenvalue weighted by atomic mass is 10.2. The Hall–Kier alpha value is 0.0600. The minimum atomic E-state index is -3.53. The van der Waals surface area contributed by atoms with Gasteiger partial charge in [-0.3, -0.25) is 0 Å². The monoisotopic (exact) mass is 275 g/mol. The predicted molar refractivity (Wildman–Crippen MR) is 57.8 cm³/mol. The number of thioether (sulfide) groups is 1. The molecular weight excluding hydrogens is 267 g/mol. The van der Waals surface area contributed by atoms with Crippen LogP contribution < -0.4 is 0 Å². The Kier molecular flexibility index (Phi) is 4.31. The first-order valence-corrected chi connectivity index (χ1v) is 6.35. The molecule has 1 heterocycles. The number of nitrogens with zero attached hydrogens (tertiary/aromatic N) is 1. The van der Waals surface area contributed by atoms with Gasteiger partial charge >= 0.3 is 0 Å². The van der Waals surface area contributed by atoms with Gasteiger partial charge in [0.05, 0.1) is 0 Å². The van der Waals surface area contributed by atoms with Gasteiger partial charge in [-0.1, -0.05) is 23.4 Å². The van der Waals surface area contributed by atoms with E-state index in [-0.39, 0.29) is 5.75 Å². The van der Waals surface area contributed by atoms with E-state index in [1.54, 1.807) is 11.6 Å². The van der Waals surface area contributed by atoms with E-state index in [1.807, 2.05) is 0 Å². The summed E-state index contributed by atoms with van der Waals surface area (Å²) >= 11 is 7.70. The number of alkyl halides is 4. The molecule has 0 saturated carbocycles. The Morgan fingerprint density at radius 3 is 2.67 bits per heavy atom. The molecule has 0 radical (unpaired) electrons. The van der Waals surface area contributed by atoms with Crippen LogP contribution in [0.1, 0.15) is 13.3 Å². The van der Waals surface area contributed by atoms with Gasteiger partial charge in [0.1, 0.15) is 4.34 Å². The van der Waals surface area contributed by atoms with Crippen LogP contribution in [0.15, 0.2) is 15.9 Å². The molecule has 0 bridgehead atoms. The molecule has 0 aromatic carbocycles. The van der Waals surface area contributed by atoms with Crippen LogP contribution in [0.5, 0.6) is 0 Å². The standard InChI is InChI=1S/C8H9ClF3NS2/c1-7(10,11)8(9,12)2-4-14-6-13-3-5-15-6/h3,5H,2,4H2,1H3. The third-order valence-electron chi connectivity index (χ3n) is 1.69. The molecule has 0 fully saturated rings. The van der Waals surface area contributed by atoms with Crippen LogP contribution in [0, 0.1) is 0 Å². The second-order valence-corrected chi connectivity index (χ2v) is 5.83. The highest BCUT2D eigenvalue weighted by atomic mass is 35.5. The molecule has 1 unspecified atom stereocenters. The average Bonchev–Trinajstić information content (AvgIpc) is 2.54. The van der Waals surface area contributed by atoms with Crippen molar-refractivity contribution >= 4 is 34.7 Å². The summed E-state index contributed by atoms with van der Waals surface area (Å²) in [6.45, 7) is 0.480. The predicted octanol–water partition coefficient (Wildman–Crippen LogP) is 4.19. The summed E-state index contributed by atoms with van der Waals surface area (Å²) in [5.74, 6) is -3.35. The van der Waals surface area contributed by atoms with Crippen molar-refractivity contribution in [3.8, 4) is 0 Å². The number of aromatic nitrogens is 1. The van der Waals surface area contributed by atoms with Crippen molar-refractivity contribution in [2.24, 2.45) is 0 Å². The second kappa shape index (κ2) is 4.93. The maximum absolute atomic E-state index is 13.2. The third-order valence-corrected chi connectivity index (χ3v) is 4.18. The van der Waals surface area contributed by atoms with Gasteiger partial charge in [-0.25, -0.2) is 18.2 Å². The summed E-state index contributed by atoms with van der Waals surface area (Å²) in [6.07, 6.45) is 1.19. The van der Waals surface area contributed by atoms with Crippen LogP contribution in [-0.2, 0) is 0 Å². The van der Waals surface area contributed by atoms with Gasteiger partial charge in [0.25, 0.3) is 5.92 Å². The van der Waals surface area contributed by atoms with Crippen LogP contribution in [0.25, 0.3) is 0 Å².